The number of nitrogens with one attached hydrogen (secondary N) is 1. The summed E-state index contributed by atoms with van der Waals surface area (Å²) in [6, 6.07) is 0.521. The van der Waals surface area contributed by atoms with Gasteiger partial charge in [-0.25, -0.2) is 0 Å². The average Bonchev–Trinajstić information content (AvgIpc) is 2.74. The third kappa shape index (κ3) is 3.97. The number of nitrogens with zero attached hydrogens (tertiary/aromatic N) is 1. The first-order chi connectivity index (χ1) is 9.58. The molecule has 0 unspecified atom stereocenters. The summed E-state index contributed by atoms with van der Waals surface area (Å²) in [5, 5.41) is 3.19. The van der Waals surface area contributed by atoms with Gasteiger partial charge in [-0.1, -0.05) is 32.1 Å². The molecule has 0 bridgehead atoms. The molecule has 4 heteroatoms. The molecule has 0 aromatic heterocycles. The molecule has 1 atom stereocenters. The average molecular weight is 280 g/mol. The Morgan fingerprint density at radius 1 is 1.15 bits per heavy atom. The van der Waals surface area contributed by atoms with Crippen molar-refractivity contribution < 1.29 is 9.59 Å². The van der Waals surface area contributed by atoms with Crippen molar-refractivity contribution in [2.75, 3.05) is 6.54 Å². The number of carbonyl (C=O) groups is 2. The van der Waals surface area contributed by atoms with Crippen LogP contribution in [-0.4, -0.2) is 35.3 Å². The van der Waals surface area contributed by atoms with Gasteiger partial charge < -0.3 is 10.2 Å². The van der Waals surface area contributed by atoms with Gasteiger partial charge in [0.25, 0.3) is 0 Å². The zero-order chi connectivity index (χ0) is 14.5. The van der Waals surface area contributed by atoms with Crippen molar-refractivity contribution in [3.05, 3.63) is 0 Å². The van der Waals surface area contributed by atoms with E-state index in [1.807, 2.05) is 18.7 Å². The van der Waals surface area contributed by atoms with Crippen molar-refractivity contribution in [2.45, 2.75) is 77.3 Å². The largest absolute Gasteiger partial charge is 0.353 e. The van der Waals surface area contributed by atoms with E-state index in [1.165, 1.54) is 32.1 Å². The smallest absolute Gasteiger partial charge is 0.225 e. The Labute approximate surface area is 122 Å². The molecular weight excluding hydrogens is 252 g/mol. The molecule has 1 heterocycles. The van der Waals surface area contributed by atoms with Gasteiger partial charge in [-0.15, -0.1) is 0 Å². The van der Waals surface area contributed by atoms with Gasteiger partial charge in [0.15, 0.2) is 0 Å². The molecule has 0 radical (unpaired) electrons. The molecule has 4 nitrogen and oxygen atoms in total. The van der Waals surface area contributed by atoms with Gasteiger partial charge in [0.2, 0.25) is 11.8 Å². The molecule has 2 aliphatic rings. The Kier molecular flexibility index (Phi) is 5.44. The summed E-state index contributed by atoms with van der Waals surface area (Å²) in [6.45, 7) is 4.61. The zero-order valence-electron chi connectivity index (χ0n) is 12.9. The van der Waals surface area contributed by atoms with E-state index in [-0.39, 0.29) is 23.8 Å². The van der Waals surface area contributed by atoms with E-state index < -0.39 is 0 Å². The van der Waals surface area contributed by atoms with Crippen molar-refractivity contribution >= 4 is 11.8 Å². The van der Waals surface area contributed by atoms with E-state index in [0.29, 0.717) is 19.0 Å². The highest BCUT2D eigenvalue weighted by Crippen LogP contribution is 2.22. The van der Waals surface area contributed by atoms with E-state index in [1.54, 1.807) is 0 Å². The summed E-state index contributed by atoms with van der Waals surface area (Å²) in [5.74, 6) is 0.0697. The van der Waals surface area contributed by atoms with E-state index in [2.05, 4.69) is 5.32 Å². The van der Waals surface area contributed by atoms with Crippen LogP contribution in [0, 0.1) is 5.92 Å². The maximum absolute atomic E-state index is 12.3. The third-order valence-electron chi connectivity index (χ3n) is 4.60. The Balaban J connectivity index is 1.83. The Morgan fingerprint density at radius 2 is 1.75 bits per heavy atom. The molecule has 114 valence electrons. The number of rotatable bonds is 3. The highest BCUT2D eigenvalue weighted by Gasteiger charge is 2.35. The lowest BCUT2D eigenvalue weighted by Gasteiger charge is -2.23. The molecule has 2 fully saturated rings. The van der Waals surface area contributed by atoms with Crippen molar-refractivity contribution in [1.29, 1.82) is 0 Å². The fourth-order valence-electron chi connectivity index (χ4n) is 3.33. The lowest BCUT2D eigenvalue weighted by molar-refractivity contribution is -0.130. The summed E-state index contributed by atoms with van der Waals surface area (Å²) < 4.78 is 0. The van der Waals surface area contributed by atoms with Crippen molar-refractivity contribution in [1.82, 2.24) is 10.2 Å². The summed E-state index contributed by atoms with van der Waals surface area (Å²) in [7, 11) is 0. The van der Waals surface area contributed by atoms with Gasteiger partial charge in [0.05, 0.1) is 5.92 Å². The van der Waals surface area contributed by atoms with Gasteiger partial charge in [0, 0.05) is 25.0 Å². The van der Waals surface area contributed by atoms with Gasteiger partial charge in [-0.3, -0.25) is 9.59 Å². The predicted molar refractivity (Wildman–Crippen MR) is 79.2 cm³/mol. The van der Waals surface area contributed by atoms with Gasteiger partial charge >= 0.3 is 0 Å². The SMILES string of the molecule is CC(C)N1C[C@@H](C(=O)NC2CCCCCCC2)CC1=O. The second-order valence-electron chi connectivity index (χ2n) is 6.59. The molecular formula is C16H28N2O2. The van der Waals surface area contributed by atoms with E-state index >= 15 is 0 Å². The monoisotopic (exact) mass is 280 g/mol. The fourth-order valence-corrected chi connectivity index (χ4v) is 3.33. The van der Waals surface area contributed by atoms with Crippen molar-refractivity contribution in [3.63, 3.8) is 0 Å². The summed E-state index contributed by atoms with van der Waals surface area (Å²) in [4.78, 5) is 26.0. The molecule has 1 saturated carbocycles. The van der Waals surface area contributed by atoms with Gasteiger partial charge in [0.1, 0.15) is 0 Å². The third-order valence-corrected chi connectivity index (χ3v) is 4.60. The lowest BCUT2D eigenvalue weighted by atomic mass is 9.96. The zero-order valence-corrected chi connectivity index (χ0v) is 12.9. The number of hydrogen-bond acceptors (Lipinski definition) is 2. The number of amides is 2. The first kappa shape index (κ1) is 15.3. The normalized spacial score (nSPS) is 25.6. The molecule has 20 heavy (non-hydrogen) atoms. The van der Waals surface area contributed by atoms with Crippen LogP contribution < -0.4 is 5.32 Å². The van der Waals surface area contributed by atoms with Gasteiger partial charge in [-0.05, 0) is 26.7 Å². The van der Waals surface area contributed by atoms with Crippen molar-refractivity contribution in [2.24, 2.45) is 5.92 Å². The van der Waals surface area contributed by atoms with Crippen LogP contribution in [0.4, 0.5) is 0 Å². The molecule has 2 amide bonds. The Hall–Kier alpha value is -1.06. The van der Waals surface area contributed by atoms with Crippen LogP contribution in [0.1, 0.15) is 65.2 Å². The molecule has 1 aliphatic heterocycles. The van der Waals surface area contributed by atoms with E-state index in [4.69, 9.17) is 0 Å². The maximum Gasteiger partial charge on any atom is 0.225 e. The standard InChI is InChI=1S/C16H28N2O2/c1-12(2)18-11-13(10-15(18)19)16(20)17-14-8-6-4-3-5-7-9-14/h12-14H,3-11H2,1-2H3,(H,17,20)/t13-/m0/s1. The summed E-state index contributed by atoms with van der Waals surface area (Å²) in [5.41, 5.74) is 0. The molecule has 1 aliphatic carbocycles. The molecule has 0 aromatic rings. The summed E-state index contributed by atoms with van der Waals surface area (Å²) in [6.07, 6.45) is 8.92. The van der Waals surface area contributed by atoms with Crippen molar-refractivity contribution in [3.8, 4) is 0 Å². The second-order valence-corrected chi connectivity index (χ2v) is 6.59. The maximum atomic E-state index is 12.3. The van der Waals surface area contributed by atoms with Gasteiger partial charge in [-0.2, -0.15) is 0 Å². The van der Waals surface area contributed by atoms with E-state index in [0.717, 1.165) is 12.8 Å². The van der Waals surface area contributed by atoms with Crippen LogP contribution in [0.2, 0.25) is 0 Å². The van der Waals surface area contributed by atoms with Crippen LogP contribution in [-0.2, 0) is 9.59 Å². The van der Waals surface area contributed by atoms with Crippen LogP contribution >= 0.6 is 0 Å². The minimum atomic E-state index is -0.143. The van der Waals surface area contributed by atoms with E-state index in [9.17, 15) is 9.59 Å². The molecule has 1 N–H and O–H groups in total. The predicted octanol–water partition coefficient (Wildman–Crippen LogP) is 2.47. The molecule has 1 saturated heterocycles. The highest BCUT2D eigenvalue weighted by atomic mass is 16.2. The number of hydrogen-bond donors (Lipinski definition) is 1. The quantitative estimate of drug-likeness (QED) is 0.863. The van der Waals surface area contributed by atoms with Crippen LogP contribution in [0.5, 0.6) is 0 Å². The molecule has 0 spiro atoms. The Morgan fingerprint density at radius 3 is 2.30 bits per heavy atom. The summed E-state index contributed by atoms with van der Waals surface area (Å²) >= 11 is 0. The fraction of sp³-hybridized carbons (Fsp3) is 0.875. The minimum absolute atomic E-state index is 0.0899. The second kappa shape index (κ2) is 7.09. The Bertz CT molecular complexity index is 346. The topological polar surface area (TPSA) is 49.4 Å². The number of likely N-dealkylation sites (tertiary alicyclic amines) is 1. The van der Waals surface area contributed by atoms with Crippen LogP contribution in [0.25, 0.3) is 0 Å². The minimum Gasteiger partial charge on any atom is -0.353 e. The highest BCUT2D eigenvalue weighted by molar-refractivity contribution is 5.89. The lowest BCUT2D eigenvalue weighted by Crippen LogP contribution is -2.40. The van der Waals surface area contributed by atoms with Crippen LogP contribution in [0.15, 0.2) is 0 Å². The molecule has 2 rings (SSSR count). The first-order valence-electron chi connectivity index (χ1n) is 8.17. The van der Waals surface area contributed by atoms with Crippen LogP contribution in [0.3, 0.4) is 0 Å². The first-order valence-corrected chi connectivity index (χ1v) is 8.17. The molecule has 0 aromatic carbocycles. The number of carbonyl (C=O) groups excluding carboxylic acids is 2.